The Hall–Kier alpha value is -1.33. The summed E-state index contributed by atoms with van der Waals surface area (Å²) < 4.78 is 7.97. The van der Waals surface area contributed by atoms with Gasteiger partial charge in [-0.15, -0.1) is 0 Å². The van der Waals surface area contributed by atoms with Crippen LogP contribution < -0.4 is 5.32 Å². The minimum absolute atomic E-state index is 0.673. The largest absolute Gasteiger partial charge is 0.383 e. The van der Waals surface area contributed by atoms with Crippen LogP contribution in [0.4, 0.5) is 5.69 Å². The molecule has 2 aromatic rings. The zero-order chi connectivity index (χ0) is 12.8. The number of nitrogens with zero attached hydrogens (tertiary/aromatic N) is 2. The van der Waals surface area contributed by atoms with E-state index in [4.69, 9.17) is 4.74 Å². The lowest BCUT2D eigenvalue weighted by Crippen LogP contribution is -2.04. The molecule has 0 saturated carbocycles. The predicted molar refractivity (Wildman–Crippen MR) is 75.6 cm³/mol. The molecule has 4 nitrogen and oxygen atoms in total. The van der Waals surface area contributed by atoms with Crippen molar-refractivity contribution in [3.05, 3.63) is 46.7 Å². The summed E-state index contributed by atoms with van der Waals surface area (Å²) >= 11 is 3.46. The molecule has 0 amide bonds. The fourth-order valence-electron chi connectivity index (χ4n) is 1.61. The highest BCUT2D eigenvalue weighted by Crippen LogP contribution is 2.13. The molecule has 2 rings (SSSR count). The van der Waals surface area contributed by atoms with Crippen LogP contribution in [0.15, 0.2) is 41.1 Å². The molecule has 1 aromatic heterocycles. The van der Waals surface area contributed by atoms with Crippen LogP contribution in [0.25, 0.3) is 0 Å². The van der Waals surface area contributed by atoms with E-state index in [0.29, 0.717) is 6.61 Å². The Labute approximate surface area is 115 Å². The summed E-state index contributed by atoms with van der Waals surface area (Å²) in [5, 5.41) is 7.59. The van der Waals surface area contributed by atoms with Gasteiger partial charge in [0.05, 0.1) is 25.0 Å². The molecule has 0 saturated heterocycles. The first-order valence-electron chi connectivity index (χ1n) is 5.77. The number of aromatic nitrogens is 2. The number of anilines is 1. The Morgan fingerprint density at radius 2 is 2.33 bits per heavy atom. The normalized spacial score (nSPS) is 10.6. The van der Waals surface area contributed by atoms with E-state index in [0.717, 1.165) is 23.2 Å². The second-order valence-electron chi connectivity index (χ2n) is 3.97. The number of hydrogen-bond acceptors (Lipinski definition) is 3. The van der Waals surface area contributed by atoms with Crippen molar-refractivity contribution >= 4 is 21.6 Å². The summed E-state index contributed by atoms with van der Waals surface area (Å²) in [6.45, 7) is 2.23. The van der Waals surface area contributed by atoms with Crippen molar-refractivity contribution in [2.24, 2.45) is 0 Å². The van der Waals surface area contributed by atoms with Crippen LogP contribution in [0.5, 0.6) is 0 Å². The maximum absolute atomic E-state index is 5.01. The highest BCUT2D eigenvalue weighted by molar-refractivity contribution is 9.10. The number of methoxy groups -OCH3 is 1. The molecule has 0 aliphatic rings. The molecular formula is C13H16BrN3O. The van der Waals surface area contributed by atoms with Crippen LogP contribution in [-0.2, 0) is 17.8 Å². The van der Waals surface area contributed by atoms with Crippen molar-refractivity contribution in [2.75, 3.05) is 19.0 Å². The van der Waals surface area contributed by atoms with Crippen LogP contribution in [0, 0.1) is 0 Å². The van der Waals surface area contributed by atoms with Crippen molar-refractivity contribution < 1.29 is 4.74 Å². The average Bonchev–Trinajstić information content (AvgIpc) is 2.82. The second kappa shape index (κ2) is 6.56. The minimum Gasteiger partial charge on any atom is -0.383 e. The van der Waals surface area contributed by atoms with E-state index in [2.05, 4.69) is 38.5 Å². The summed E-state index contributed by atoms with van der Waals surface area (Å²) in [6.07, 6.45) is 3.81. The average molecular weight is 310 g/mol. The zero-order valence-electron chi connectivity index (χ0n) is 10.3. The van der Waals surface area contributed by atoms with Crippen LogP contribution in [0.3, 0.4) is 0 Å². The zero-order valence-corrected chi connectivity index (χ0v) is 11.9. The van der Waals surface area contributed by atoms with E-state index in [-0.39, 0.29) is 0 Å². The van der Waals surface area contributed by atoms with Gasteiger partial charge in [-0.05, 0) is 17.7 Å². The van der Waals surface area contributed by atoms with Gasteiger partial charge in [0.25, 0.3) is 0 Å². The molecule has 1 heterocycles. The third-order valence-corrected chi connectivity index (χ3v) is 3.04. The Morgan fingerprint density at radius 1 is 1.44 bits per heavy atom. The van der Waals surface area contributed by atoms with Gasteiger partial charge in [0.2, 0.25) is 0 Å². The fourth-order valence-corrected chi connectivity index (χ4v) is 2.06. The predicted octanol–water partition coefficient (Wildman–Crippen LogP) is 2.90. The first-order chi connectivity index (χ1) is 8.78. The van der Waals surface area contributed by atoms with E-state index in [1.54, 1.807) is 7.11 Å². The summed E-state index contributed by atoms with van der Waals surface area (Å²) in [5.74, 6) is 0. The molecular weight excluding hydrogens is 294 g/mol. The van der Waals surface area contributed by atoms with E-state index in [1.807, 2.05) is 29.2 Å². The smallest absolute Gasteiger partial charge is 0.0729 e. The highest BCUT2D eigenvalue weighted by Gasteiger charge is 1.99. The van der Waals surface area contributed by atoms with Crippen molar-refractivity contribution in [1.29, 1.82) is 0 Å². The summed E-state index contributed by atoms with van der Waals surface area (Å²) in [5.41, 5.74) is 2.25. The van der Waals surface area contributed by atoms with Crippen LogP contribution in [-0.4, -0.2) is 23.5 Å². The quantitative estimate of drug-likeness (QED) is 0.892. The first-order valence-corrected chi connectivity index (χ1v) is 6.57. The van der Waals surface area contributed by atoms with Crippen molar-refractivity contribution in [3.8, 4) is 0 Å². The molecule has 0 atom stereocenters. The Kier molecular flexibility index (Phi) is 4.78. The molecule has 18 heavy (non-hydrogen) atoms. The van der Waals surface area contributed by atoms with Gasteiger partial charge >= 0.3 is 0 Å². The number of hydrogen-bond donors (Lipinski definition) is 1. The molecule has 0 aliphatic carbocycles. The Bertz CT molecular complexity index is 498. The first kappa shape index (κ1) is 13.1. The van der Waals surface area contributed by atoms with Gasteiger partial charge in [0, 0.05) is 24.3 Å². The number of halogens is 1. The third-order valence-electron chi connectivity index (χ3n) is 2.54. The maximum atomic E-state index is 5.01. The monoisotopic (exact) mass is 309 g/mol. The van der Waals surface area contributed by atoms with Gasteiger partial charge in [0.15, 0.2) is 0 Å². The molecule has 0 radical (unpaired) electrons. The molecule has 0 aliphatic heterocycles. The van der Waals surface area contributed by atoms with E-state index in [1.165, 1.54) is 5.56 Å². The van der Waals surface area contributed by atoms with Crippen molar-refractivity contribution in [2.45, 2.75) is 13.1 Å². The third kappa shape index (κ3) is 3.85. The van der Waals surface area contributed by atoms with E-state index >= 15 is 0 Å². The lowest BCUT2D eigenvalue weighted by molar-refractivity contribution is 0.183. The van der Waals surface area contributed by atoms with Crippen molar-refractivity contribution in [3.63, 3.8) is 0 Å². The van der Waals surface area contributed by atoms with Gasteiger partial charge in [-0.3, -0.25) is 4.68 Å². The van der Waals surface area contributed by atoms with Gasteiger partial charge in [-0.2, -0.15) is 5.10 Å². The minimum atomic E-state index is 0.673. The van der Waals surface area contributed by atoms with Gasteiger partial charge in [0.1, 0.15) is 0 Å². The highest BCUT2D eigenvalue weighted by atomic mass is 79.9. The number of benzene rings is 1. The summed E-state index contributed by atoms with van der Waals surface area (Å²) in [7, 11) is 1.69. The SMILES string of the molecule is COCCn1cc(NCc2cccc(Br)c2)cn1. The van der Waals surface area contributed by atoms with Crippen LogP contribution >= 0.6 is 15.9 Å². The number of ether oxygens (including phenoxy) is 1. The molecule has 96 valence electrons. The fraction of sp³-hybridized carbons (Fsp3) is 0.308. The second-order valence-corrected chi connectivity index (χ2v) is 4.88. The molecule has 1 N–H and O–H groups in total. The van der Waals surface area contributed by atoms with E-state index < -0.39 is 0 Å². The van der Waals surface area contributed by atoms with Gasteiger partial charge in [-0.25, -0.2) is 0 Å². The summed E-state index contributed by atoms with van der Waals surface area (Å²) in [4.78, 5) is 0. The lowest BCUT2D eigenvalue weighted by atomic mass is 10.2. The van der Waals surface area contributed by atoms with Crippen LogP contribution in [0.2, 0.25) is 0 Å². The molecule has 0 spiro atoms. The number of rotatable bonds is 6. The van der Waals surface area contributed by atoms with Gasteiger partial charge in [-0.1, -0.05) is 28.1 Å². The van der Waals surface area contributed by atoms with E-state index in [9.17, 15) is 0 Å². The molecule has 1 aromatic carbocycles. The molecule has 0 fully saturated rings. The van der Waals surface area contributed by atoms with Gasteiger partial charge < -0.3 is 10.1 Å². The standard InChI is InChI=1S/C13H16BrN3O/c1-18-6-5-17-10-13(9-16-17)15-8-11-3-2-4-12(14)7-11/h2-4,7,9-10,15H,5-6,8H2,1H3. The molecule has 0 unspecified atom stereocenters. The number of nitrogens with one attached hydrogen (secondary N) is 1. The topological polar surface area (TPSA) is 39.1 Å². The van der Waals surface area contributed by atoms with Crippen LogP contribution in [0.1, 0.15) is 5.56 Å². The summed E-state index contributed by atoms with van der Waals surface area (Å²) in [6, 6.07) is 8.24. The van der Waals surface area contributed by atoms with Crippen molar-refractivity contribution in [1.82, 2.24) is 9.78 Å². The molecule has 0 bridgehead atoms. The molecule has 5 heteroatoms. The maximum Gasteiger partial charge on any atom is 0.0729 e. The lowest BCUT2D eigenvalue weighted by Gasteiger charge is -2.04. The Morgan fingerprint density at radius 3 is 3.11 bits per heavy atom. The Balaban J connectivity index is 1.88.